The van der Waals surface area contributed by atoms with Gasteiger partial charge in [0.15, 0.2) is 0 Å². The first-order valence-electron chi connectivity index (χ1n) is 6.31. The van der Waals surface area contributed by atoms with Gasteiger partial charge in [-0.25, -0.2) is 0 Å². The Kier molecular flexibility index (Phi) is 4.01. The minimum Gasteiger partial charge on any atom is -0.384 e. The van der Waals surface area contributed by atoms with Crippen LogP contribution in [0.2, 0.25) is 0 Å². The lowest BCUT2D eigenvalue weighted by Crippen LogP contribution is -1.98. The molecule has 0 amide bonds. The van der Waals surface area contributed by atoms with Crippen LogP contribution in [0.5, 0.6) is 0 Å². The third-order valence-corrected chi connectivity index (χ3v) is 5.02. The van der Waals surface area contributed by atoms with Gasteiger partial charge in [-0.15, -0.1) is 0 Å². The minimum atomic E-state index is -0.583. The van der Waals surface area contributed by atoms with Crippen molar-refractivity contribution in [1.82, 2.24) is 0 Å². The maximum Gasteiger partial charge on any atom is 0.106 e. The van der Waals surface area contributed by atoms with Crippen LogP contribution in [0, 0.1) is 0 Å². The van der Waals surface area contributed by atoms with Gasteiger partial charge in [0, 0.05) is 15.4 Å². The number of aliphatic hydroxyl groups excluding tert-OH is 1. The monoisotopic (exact) mass is 344 g/mol. The van der Waals surface area contributed by atoms with Crippen LogP contribution in [0.4, 0.5) is 0 Å². The van der Waals surface area contributed by atoms with Gasteiger partial charge in [0.1, 0.15) is 6.10 Å². The second-order valence-electron chi connectivity index (χ2n) is 4.57. The second-order valence-corrected chi connectivity index (χ2v) is 6.16. The lowest BCUT2D eigenvalue weighted by atomic mass is 10.00. The van der Waals surface area contributed by atoms with Crippen LogP contribution in [0.1, 0.15) is 17.2 Å². The predicted octanol–water partition coefficient (Wildman–Crippen LogP) is 5.26. The van der Waals surface area contributed by atoms with E-state index in [2.05, 4.69) is 28.1 Å². The van der Waals surface area contributed by atoms with Gasteiger partial charge in [-0.1, -0.05) is 54.6 Å². The quantitative estimate of drug-likeness (QED) is 0.687. The molecular formula is C17H13BrOS. The maximum atomic E-state index is 10.4. The number of thiophene rings is 1. The van der Waals surface area contributed by atoms with Crippen molar-refractivity contribution >= 4 is 27.3 Å². The van der Waals surface area contributed by atoms with Crippen LogP contribution >= 0.6 is 27.3 Å². The zero-order chi connectivity index (χ0) is 13.9. The van der Waals surface area contributed by atoms with Crippen molar-refractivity contribution in [2.75, 3.05) is 0 Å². The molecule has 0 saturated heterocycles. The van der Waals surface area contributed by atoms with Gasteiger partial charge in [0.2, 0.25) is 0 Å². The van der Waals surface area contributed by atoms with E-state index in [-0.39, 0.29) is 0 Å². The highest BCUT2D eigenvalue weighted by Gasteiger charge is 2.14. The van der Waals surface area contributed by atoms with Gasteiger partial charge in [-0.05, 0) is 38.0 Å². The van der Waals surface area contributed by atoms with Crippen molar-refractivity contribution in [1.29, 1.82) is 0 Å². The van der Waals surface area contributed by atoms with Crippen LogP contribution in [-0.2, 0) is 0 Å². The van der Waals surface area contributed by atoms with Crippen molar-refractivity contribution in [2.24, 2.45) is 0 Å². The van der Waals surface area contributed by atoms with E-state index in [1.807, 2.05) is 53.2 Å². The summed E-state index contributed by atoms with van der Waals surface area (Å²) in [5, 5.41) is 14.4. The van der Waals surface area contributed by atoms with Gasteiger partial charge in [0.25, 0.3) is 0 Å². The number of hydrogen-bond donors (Lipinski definition) is 1. The number of aliphatic hydroxyl groups is 1. The molecule has 0 aliphatic heterocycles. The molecule has 1 heterocycles. The first-order valence-corrected chi connectivity index (χ1v) is 8.04. The maximum absolute atomic E-state index is 10.4. The van der Waals surface area contributed by atoms with E-state index in [1.54, 1.807) is 11.3 Å². The molecule has 3 aromatic rings. The van der Waals surface area contributed by atoms with E-state index in [9.17, 15) is 5.11 Å². The van der Waals surface area contributed by atoms with E-state index in [4.69, 9.17) is 0 Å². The molecule has 1 aromatic heterocycles. The minimum absolute atomic E-state index is 0.583. The molecule has 20 heavy (non-hydrogen) atoms. The summed E-state index contributed by atoms with van der Waals surface area (Å²) in [4.78, 5) is 0. The average Bonchev–Trinajstić information content (AvgIpc) is 2.94. The largest absolute Gasteiger partial charge is 0.384 e. The molecule has 0 radical (unpaired) electrons. The SMILES string of the molecule is OC(c1ccc(-c2ccccc2)cc1)c1cscc1Br. The molecule has 1 N–H and O–H groups in total. The zero-order valence-electron chi connectivity index (χ0n) is 10.7. The number of halogens is 1. The lowest BCUT2D eigenvalue weighted by molar-refractivity contribution is 0.220. The number of hydrogen-bond acceptors (Lipinski definition) is 2. The lowest BCUT2D eigenvalue weighted by Gasteiger charge is -2.11. The molecule has 0 fully saturated rings. The van der Waals surface area contributed by atoms with Gasteiger partial charge >= 0.3 is 0 Å². The summed E-state index contributed by atoms with van der Waals surface area (Å²) in [7, 11) is 0. The topological polar surface area (TPSA) is 20.2 Å². The molecule has 0 saturated carbocycles. The van der Waals surface area contributed by atoms with Gasteiger partial charge in [0.05, 0.1) is 0 Å². The van der Waals surface area contributed by atoms with Crippen LogP contribution < -0.4 is 0 Å². The van der Waals surface area contributed by atoms with E-state index in [0.717, 1.165) is 21.2 Å². The highest BCUT2D eigenvalue weighted by atomic mass is 79.9. The molecule has 1 unspecified atom stereocenters. The fourth-order valence-corrected chi connectivity index (χ4v) is 3.69. The summed E-state index contributed by atoms with van der Waals surface area (Å²) in [6.45, 7) is 0. The first kappa shape index (κ1) is 13.6. The van der Waals surface area contributed by atoms with E-state index in [1.165, 1.54) is 5.56 Å². The molecular weight excluding hydrogens is 332 g/mol. The summed E-state index contributed by atoms with van der Waals surface area (Å²) >= 11 is 5.05. The third kappa shape index (κ3) is 2.70. The molecule has 1 atom stereocenters. The fraction of sp³-hybridized carbons (Fsp3) is 0.0588. The third-order valence-electron chi connectivity index (χ3n) is 3.27. The molecule has 3 rings (SSSR count). The summed E-state index contributed by atoms with van der Waals surface area (Å²) in [6.07, 6.45) is -0.583. The zero-order valence-corrected chi connectivity index (χ0v) is 13.1. The average molecular weight is 345 g/mol. The van der Waals surface area contributed by atoms with E-state index < -0.39 is 6.10 Å². The van der Waals surface area contributed by atoms with Crippen LogP contribution in [0.3, 0.4) is 0 Å². The number of benzene rings is 2. The normalized spacial score (nSPS) is 12.3. The van der Waals surface area contributed by atoms with Gasteiger partial charge < -0.3 is 5.11 Å². The van der Waals surface area contributed by atoms with E-state index in [0.29, 0.717) is 0 Å². The summed E-state index contributed by atoms with van der Waals surface area (Å²) in [5.74, 6) is 0. The Bertz CT molecular complexity index is 689. The Morgan fingerprint density at radius 1 is 0.850 bits per heavy atom. The van der Waals surface area contributed by atoms with Crippen molar-refractivity contribution in [2.45, 2.75) is 6.10 Å². The summed E-state index contributed by atoms with van der Waals surface area (Å²) in [6, 6.07) is 18.3. The van der Waals surface area contributed by atoms with Crippen molar-refractivity contribution < 1.29 is 5.11 Å². The molecule has 0 bridgehead atoms. The second kappa shape index (κ2) is 5.92. The molecule has 0 aliphatic rings. The van der Waals surface area contributed by atoms with E-state index >= 15 is 0 Å². The highest BCUT2D eigenvalue weighted by molar-refractivity contribution is 9.10. The molecule has 1 nitrogen and oxygen atoms in total. The standard InChI is InChI=1S/C17H13BrOS/c18-16-11-20-10-15(16)17(19)14-8-6-13(7-9-14)12-4-2-1-3-5-12/h1-11,17,19H. The first-order chi connectivity index (χ1) is 9.75. The van der Waals surface area contributed by atoms with Crippen molar-refractivity contribution in [3.63, 3.8) is 0 Å². The molecule has 100 valence electrons. The summed E-state index contributed by atoms with van der Waals surface area (Å²) < 4.78 is 0.960. The van der Waals surface area contributed by atoms with Crippen LogP contribution in [0.25, 0.3) is 11.1 Å². The Labute approximate surface area is 130 Å². The Balaban J connectivity index is 1.89. The van der Waals surface area contributed by atoms with Crippen molar-refractivity contribution in [3.05, 3.63) is 81.0 Å². The molecule has 2 aromatic carbocycles. The smallest absolute Gasteiger partial charge is 0.106 e. The Hall–Kier alpha value is -1.42. The molecule has 0 aliphatic carbocycles. The summed E-state index contributed by atoms with van der Waals surface area (Å²) in [5.41, 5.74) is 4.17. The van der Waals surface area contributed by atoms with Crippen LogP contribution in [-0.4, -0.2) is 5.11 Å². The fourth-order valence-electron chi connectivity index (χ4n) is 2.15. The molecule has 0 spiro atoms. The molecule has 3 heteroatoms. The van der Waals surface area contributed by atoms with Gasteiger partial charge in [-0.2, -0.15) is 11.3 Å². The number of rotatable bonds is 3. The van der Waals surface area contributed by atoms with Crippen LogP contribution in [0.15, 0.2) is 69.8 Å². The predicted molar refractivity (Wildman–Crippen MR) is 88.0 cm³/mol. The Morgan fingerprint density at radius 3 is 2.10 bits per heavy atom. The van der Waals surface area contributed by atoms with Gasteiger partial charge in [-0.3, -0.25) is 0 Å². The highest BCUT2D eigenvalue weighted by Crippen LogP contribution is 2.32. The van der Waals surface area contributed by atoms with Crippen molar-refractivity contribution in [3.8, 4) is 11.1 Å². The Morgan fingerprint density at radius 2 is 1.50 bits per heavy atom.